The largest absolute Gasteiger partial charge is 0.507 e. The van der Waals surface area contributed by atoms with E-state index in [0.717, 1.165) is 11.4 Å². The van der Waals surface area contributed by atoms with Gasteiger partial charge in [0.2, 0.25) is 0 Å². The number of benzene rings is 1. The second-order valence-electron chi connectivity index (χ2n) is 7.05. The number of thiophene rings is 1. The number of phenols is 1. The van der Waals surface area contributed by atoms with Crippen LogP contribution in [0.4, 0.5) is 0 Å². The zero-order valence-corrected chi connectivity index (χ0v) is 17.4. The molecule has 0 bridgehead atoms. The topological polar surface area (TPSA) is 90.3 Å². The molecule has 29 heavy (non-hydrogen) atoms. The van der Waals surface area contributed by atoms with Crippen molar-refractivity contribution >= 4 is 28.8 Å². The van der Waals surface area contributed by atoms with Gasteiger partial charge in [0.15, 0.2) is 0 Å². The highest BCUT2D eigenvalue weighted by Gasteiger charge is 2.46. The van der Waals surface area contributed by atoms with Gasteiger partial charge in [-0.05, 0) is 50.6 Å². The van der Waals surface area contributed by atoms with E-state index in [9.17, 15) is 19.8 Å². The number of ketones is 1. The molecule has 3 rings (SSSR count). The van der Waals surface area contributed by atoms with E-state index in [2.05, 4.69) is 0 Å². The van der Waals surface area contributed by atoms with Gasteiger partial charge in [-0.3, -0.25) is 9.59 Å². The molecule has 2 aromatic rings. The second kappa shape index (κ2) is 8.67. The van der Waals surface area contributed by atoms with Crippen LogP contribution in [0, 0.1) is 0 Å². The number of carbonyl (C=O) groups is 2. The van der Waals surface area contributed by atoms with E-state index in [1.54, 1.807) is 6.07 Å². The first-order valence-corrected chi connectivity index (χ1v) is 10.1. The summed E-state index contributed by atoms with van der Waals surface area (Å²) in [5.41, 5.74) is 0.0708. The molecular weight excluding hydrogens is 392 g/mol. The molecule has 2 heterocycles. The summed E-state index contributed by atoms with van der Waals surface area (Å²) in [6.07, 6.45) is 0.690. The fourth-order valence-electron chi connectivity index (χ4n) is 3.39. The molecule has 1 saturated heterocycles. The highest BCUT2D eigenvalue weighted by Crippen LogP contribution is 2.42. The molecule has 1 fully saturated rings. The van der Waals surface area contributed by atoms with Crippen molar-refractivity contribution in [3.05, 3.63) is 51.7 Å². The normalized spacial score (nSPS) is 18.6. The van der Waals surface area contributed by atoms with Gasteiger partial charge in [-0.15, -0.1) is 11.3 Å². The number of aliphatic hydroxyl groups is 1. The number of aromatic hydroxyl groups is 1. The Morgan fingerprint density at radius 2 is 2.03 bits per heavy atom. The van der Waals surface area contributed by atoms with Crippen molar-refractivity contribution in [2.45, 2.75) is 12.5 Å². The third kappa shape index (κ3) is 4.13. The predicted octanol–water partition coefficient (Wildman–Crippen LogP) is 2.84. The molecule has 154 valence electrons. The third-order valence-electron chi connectivity index (χ3n) is 4.82. The molecule has 2 N–H and O–H groups in total. The van der Waals surface area contributed by atoms with E-state index in [-0.39, 0.29) is 16.9 Å². The monoisotopic (exact) mass is 416 g/mol. The number of amides is 1. The standard InChI is InChI=1S/C21H24N2O5S/c1-22(2)9-5-10-23-18(16-6-4-11-29-16)17(20(26)21(23)27)19(25)14-8-7-13(28-3)12-15(14)24/h4,6-8,11-12,18,24-25H,5,9-10H2,1-3H3/t18-/m1/s1. The van der Waals surface area contributed by atoms with Gasteiger partial charge < -0.3 is 24.7 Å². The van der Waals surface area contributed by atoms with E-state index in [0.29, 0.717) is 18.7 Å². The van der Waals surface area contributed by atoms with Crippen LogP contribution in [0.15, 0.2) is 41.3 Å². The van der Waals surface area contributed by atoms with Gasteiger partial charge in [0.1, 0.15) is 17.3 Å². The third-order valence-corrected chi connectivity index (χ3v) is 5.74. The Balaban J connectivity index is 2.06. The van der Waals surface area contributed by atoms with Crippen LogP contribution in [0.1, 0.15) is 22.9 Å². The maximum Gasteiger partial charge on any atom is 0.295 e. The van der Waals surface area contributed by atoms with Crippen LogP contribution in [-0.4, -0.2) is 66.0 Å². The number of likely N-dealkylation sites (tertiary alicyclic amines) is 1. The minimum absolute atomic E-state index is 0.0113. The van der Waals surface area contributed by atoms with Crippen molar-refractivity contribution in [2.24, 2.45) is 0 Å². The summed E-state index contributed by atoms with van der Waals surface area (Å²) < 4.78 is 5.06. The van der Waals surface area contributed by atoms with E-state index in [1.807, 2.05) is 36.5 Å². The van der Waals surface area contributed by atoms with E-state index < -0.39 is 23.5 Å². The maximum atomic E-state index is 12.8. The van der Waals surface area contributed by atoms with Gasteiger partial charge in [0.25, 0.3) is 11.7 Å². The lowest BCUT2D eigenvalue weighted by Gasteiger charge is -2.24. The van der Waals surface area contributed by atoms with Crippen LogP contribution in [0.25, 0.3) is 5.76 Å². The van der Waals surface area contributed by atoms with Gasteiger partial charge in [-0.25, -0.2) is 0 Å². The Hall–Kier alpha value is -2.84. The summed E-state index contributed by atoms with van der Waals surface area (Å²) in [4.78, 5) is 29.9. The minimum atomic E-state index is -0.749. The average molecular weight is 416 g/mol. The van der Waals surface area contributed by atoms with Crippen LogP contribution in [0.3, 0.4) is 0 Å². The van der Waals surface area contributed by atoms with Crippen LogP contribution in [0.2, 0.25) is 0 Å². The number of Topliss-reactive ketones (excluding diaryl/α,β-unsaturated/α-hetero) is 1. The second-order valence-corrected chi connectivity index (χ2v) is 8.03. The molecule has 1 aliphatic rings. The Kier molecular flexibility index (Phi) is 6.24. The molecule has 8 heteroatoms. The first-order valence-electron chi connectivity index (χ1n) is 9.19. The lowest BCUT2D eigenvalue weighted by Crippen LogP contribution is -2.32. The van der Waals surface area contributed by atoms with Gasteiger partial charge in [0.05, 0.1) is 24.3 Å². The van der Waals surface area contributed by atoms with Crippen LogP contribution < -0.4 is 4.74 Å². The molecule has 7 nitrogen and oxygen atoms in total. The number of carbonyl (C=O) groups excluding carboxylic acids is 2. The molecule has 0 saturated carbocycles. The number of nitrogens with zero attached hydrogens (tertiary/aromatic N) is 2. The molecule has 1 atom stereocenters. The summed E-state index contributed by atoms with van der Waals surface area (Å²) in [5, 5.41) is 23.1. The van der Waals surface area contributed by atoms with Crippen molar-refractivity contribution in [1.82, 2.24) is 9.80 Å². The van der Waals surface area contributed by atoms with E-state index in [4.69, 9.17) is 4.74 Å². The fourth-order valence-corrected chi connectivity index (χ4v) is 4.24. The number of hydrogen-bond donors (Lipinski definition) is 2. The van der Waals surface area contributed by atoms with Gasteiger partial charge in [-0.1, -0.05) is 6.07 Å². The molecule has 0 aliphatic carbocycles. The molecular formula is C21H24N2O5S. The van der Waals surface area contributed by atoms with Crippen LogP contribution >= 0.6 is 11.3 Å². The average Bonchev–Trinajstić information content (AvgIpc) is 3.29. The van der Waals surface area contributed by atoms with Crippen LogP contribution in [-0.2, 0) is 9.59 Å². The Morgan fingerprint density at radius 1 is 1.28 bits per heavy atom. The Labute approximate surface area is 173 Å². The molecule has 1 aliphatic heterocycles. The predicted molar refractivity (Wildman–Crippen MR) is 111 cm³/mol. The fraction of sp³-hybridized carbons (Fsp3) is 0.333. The molecule has 1 aromatic carbocycles. The Morgan fingerprint density at radius 3 is 2.62 bits per heavy atom. The highest BCUT2D eigenvalue weighted by molar-refractivity contribution is 7.10. The quantitative estimate of drug-likeness (QED) is 0.410. The van der Waals surface area contributed by atoms with Crippen molar-refractivity contribution in [2.75, 3.05) is 34.3 Å². The van der Waals surface area contributed by atoms with Crippen molar-refractivity contribution < 1.29 is 24.5 Å². The van der Waals surface area contributed by atoms with Crippen molar-refractivity contribution in [1.29, 1.82) is 0 Å². The first kappa shape index (κ1) is 20.9. The summed E-state index contributed by atoms with van der Waals surface area (Å²) in [6, 6.07) is 7.38. The number of aliphatic hydroxyl groups excluding tert-OH is 1. The van der Waals surface area contributed by atoms with Crippen LogP contribution in [0.5, 0.6) is 11.5 Å². The van der Waals surface area contributed by atoms with Crippen molar-refractivity contribution in [3.8, 4) is 11.5 Å². The summed E-state index contributed by atoms with van der Waals surface area (Å²) in [5.74, 6) is -1.60. The smallest absolute Gasteiger partial charge is 0.295 e. The summed E-state index contributed by atoms with van der Waals surface area (Å²) in [7, 11) is 5.35. The zero-order chi connectivity index (χ0) is 21.1. The number of methoxy groups -OCH3 is 1. The van der Waals surface area contributed by atoms with Gasteiger partial charge >= 0.3 is 0 Å². The van der Waals surface area contributed by atoms with Gasteiger partial charge in [-0.2, -0.15) is 0 Å². The SMILES string of the molecule is COc1ccc(C(O)=C2C(=O)C(=O)N(CCCN(C)C)[C@@H]2c2cccs2)c(O)c1. The number of hydrogen-bond acceptors (Lipinski definition) is 7. The molecule has 1 amide bonds. The molecule has 0 radical (unpaired) electrons. The van der Waals surface area contributed by atoms with Gasteiger partial charge in [0, 0.05) is 17.5 Å². The summed E-state index contributed by atoms with van der Waals surface area (Å²) >= 11 is 1.41. The van der Waals surface area contributed by atoms with Crippen molar-refractivity contribution in [3.63, 3.8) is 0 Å². The lowest BCUT2D eigenvalue weighted by atomic mass is 9.99. The molecule has 0 spiro atoms. The lowest BCUT2D eigenvalue weighted by molar-refractivity contribution is -0.139. The number of phenolic OH excluding ortho intramolecular Hbond substituents is 1. The highest BCUT2D eigenvalue weighted by atomic mass is 32.1. The number of rotatable bonds is 7. The van der Waals surface area contributed by atoms with E-state index in [1.165, 1.54) is 35.5 Å². The van der Waals surface area contributed by atoms with E-state index >= 15 is 0 Å². The molecule has 0 unspecified atom stereocenters. The number of ether oxygens (including phenoxy) is 1. The first-order chi connectivity index (χ1) is 13.8. The molecule has 1 aromatic heterocycles. The zero-order valence-electron chi connectivity index (χ0n) is 16.6. The Bertz CT molecular complexity index is 937. The summed E-state index contributed by atoms with van der Waals surface area (Å²) in [6.45, 7) is 1.15. The minimum Gasteiger partial charge on any atom is -0.507 e. The maximum absolute atomic E-state index is 12.8.